The molecule has 1 aromatic carbocycles. The van der Waals surface area contributed by atoms with E-state index in [4.69, 9.17) is 0 Å². The molecular weight excluding hydrogens is 332 g/mol. The Morgan fingerprint density at radius 1 is 1.00 bits per heavy atom. The first-order valence-electron chi connectivity index (χ1n) is 6.32. The average molecular weight is 341 g/mol. The van der Waals surface area contributed by atoms with Crippen LogP contribution in [0.25, 0.3) is 28.1 Å². The molecular formula is C15H9BrN4O. The van der Waals surface area contributed by atoms with Crippen molar-refractivity contribution in [2.75, 3.05) is 0 Å². The minimum absolute atomic E-state index is 0.157. The number of hydrogen-bond acceptors (Lipinski definition) is 4. The maximum atomic E-state index is 9.94. The quantitative estimate of drug-likeness (QED) is 0.576. The van der Waals surface area contributed by atoms with Crippen LogP contribution in [0.2, 0.25) is 0 Å². The molecule has 1 N–H and O–H groups in total. The van der Waals surface area contributed by atoms with Crippen LogP contribution >= 0.6 is 15.9 Å². The zero-order valence-electron chi connectivity index (χ0n) is 10.7. The standard InChI is InChI=1S/C15H9BrN4O/c16-10-5-7-13-18-19-15(20(13)8-10)11-6-4-9-2-1-3-12(21)14(9)17-11/h1-8,21H. The summed E-state index contributed by atoms with van der Waals surface area (Å²) in [4.78, 5) is 4.51. The Bertz CT molecular complexity index is 980. The van der Waals surface area contributed by atoms with E-state index < -0.39 is 0 Å². The second-order valence-electron chi connectivity index (χ2n) is 4.64. The lowest BCUT2D eigenvalue weighted by atomic mass is 10.2. The Hall–Kier alpha value is -2.47. The fourth-order valence-electron chi connectivity index (χ4n) is 2.30. The molecule has 0 saturated heterocycles. The zero-order valence-corrected chi connectivity index (χ0v) is 12.3. The number of para-hydroxylation sites is 1. The molecule has 102 valence electrons. The van der Waals surface area contributed by atoms with Crippen molar-refractivity contribution in [3.63, 3.8) is 0 Å². The molecule has 21 heavy (non-hydrogen) atoms. The summed E-state index contributed by atoms with van der Waals surface area (Å²) in [5.74, 6) is 0.792. The fourth-order valence-corrected chi connectivity index (χ4v) is 2.63. The van der Waals surface area contributed by atoms with E-state index in [9.17, 15) is 5.11 Å². The molecule has 0 fully saturated rings. The molecule has 4 rings (SSSR count). The molecule has 0 aliphatic carbocycles. The van der Waals surface area contributed by atoms with Gasteiger partial charge in [0.15, 0.2) is 11.5 Å². The molecule has 0 radical (unpaired) electrons. The van der Waals surface area contributed by atoms with Crippen LogP contribution in [0.15, 0.2) is 53.1 Å². The molecule has 0 unspecified atom stereocenters. The number of rotatable bonds is 1. The van der Waals surface area contributed by atoms with Crippen molar-refractivity contribution in [2.24, 2.45) is 0 Å². The third-order valence-corrected chi connectivity index (χ3v) is 3.76. The molecule has 6 heteroatoms. The highest BCUT2D eigenvalue weighted by molar-refractivity contribution is 9.10. The Labute approximate surface area is 128 Å². The van der Waals surface area contributed by atoms with Gasteiger partial charge in [-0.25, -0.2) is 4.98 Å². The average Bonchev–Trinajstić information content (AvgIpc) is 2.90. The second kappa shape index (κ2) is 4.53. The maximum absolute atomic E-state index is 9.94. The van der Waals surface area contributed by atoms with Gasteiger partial charge in [0.05, 0.1) is 0 Å². The number of hydrogen-bond donors (Lipinski definition) is 1. The maximum Gasteiger partial charge on any atom is 0.187 e. The van der Waals surface area contributed by atoms with Crippen molar-refractivity contribution in [1.82, 2.24) is 19.6 Å². The minimum Gasteiger partial charge on any atom is -0.506 e. The van der Waals surface area contributed by atoms with Gasteiger partial charge < -0.3 is 5.11 Å². The molecule has 0 atom stereocenters. The Morgan fingerprint density at radius 3 is 2.81 bits per heavy atom. The van der Waals surface area contributed by atoms with Gasteiger partial charge in [-0.3, -0.25) is 4.40 Å². The third kappa shape index (κ3) is 1.95. The predicted molar refractivity (Wildman–Crippen MR) is 83.1 cm³/mol. The molecule has 0 saturated carbocycles. The lowest BCUT2D eigenvalue weighted by Gasteiger charge is -2.03. The summed E-state index contributed by atoms with van der Waals surface area (Å²) in [7, 11) is 0. The molecule has 0 amide bonds. The number of benzene rings is 1. The van der Waals surface area contributed by atoms with E-state index in [1.165, 1.54) is 0 Å². The van der Waals surface area contributed by atoms with Crippen LogP contribution in [0.3, 0.4) is 0 Å². The van der Waals surface area contributed by atoms with Crippen LogP contribution < -0.4 is 0 Å². The number of nitrogens with zero attached hydrogens (tertiary/aromatic N) is 4. The molecule has 4 aromatic rings. The number of aromatic nitrogens is 4. The highest BCUT2D eigenvalue weighted by Crippen LogP contribution is 2.26. The summed E-state index contributed by atoms with van der Waals surface area (Å²) in [6, 6.07) is 12.9. The smallest absolute Gasteiger partial charge is 0.187 e. The highest BCUT2D eigenvalue weighted by atomic mass is 79.9. The lowest BCUT2D eigenvalue weighted by molar-refractivity contribution is 0.480. The topological polar surface area (TPSA) is 63.3 Å². The summed E-state index contributed by atoms with van der Waals surface area (Å²) in [5.41, 5.74) is 1.96. The summed E-state index contributed by atoms with van der Waals surface area (Å²) >= 11 is 3.44. The van der Waals surface area contributed by atoms with Crippen LogP contribution in [0, 0.1) is 0 Å². The van der Waals surface area contributed by atoms with Crippen LogP contribution in [0.1, 0.15) is 0 Å². The van der Waals surface area contributed by atoms with Crippen LogP contribution in [0.5, 0.6) is 5.75 Å². The zero-order chi connectivity index (χ0) is 14.4. The van der Waals surface area contributed by atoms with E-state index in [-0.39, 0.29) is 5.75 Å². The number of phenols is 1. The Kier molecular flexibility index (Phi) is 2.65. The van der Waals surface area contributed by atoms with Gasteiger partial charge in [-0.1, -0.05) is 18.2 Å². The third-order valence-electron chi connectivity index (χ3n) is 3.29. The van der Waals surface area contributed by atoms with Crippen molar-refractivity contribution in [1.29, 1.82) is 0 Å². The van der Waals surface area contributed by atoms with Gasteiger partial charge in [0.25, 0.3) is 0 Å². The Morgan fingerprint density at radius 2 is 1.90 bits per heavy atom. The van der Waals surface area contributed by atoms with E-state index in [1.807, 2.05) is 40.9 Å². The SMILES string of the molecule is Oc1cccc2ccc(-c3nnc4ccc(Br)cn34)nc12. The second-order valence-corrected chi connectivity index (χ2v) is 5.56. The minimum atomic E-state index is 0.157. The van der Waals surface area contributed by atoms with Gasteiger partial charge in [-0.2, -0.15) is 0 Å². The van der Waals surface area contributed by atoms with E-state index in [2.05, 4.69) is 31.1 Å². The van der Waals surface area contributed by atoms with Gasteiger partial charge in [0, 0.05) is 16.1 Å². The highest BCUT2D eigenvalue weighted by Gasteiger charge is 2.11. The van der Waals surface area contributed by atoms with Gasteiger partial charge in [-0.05, 0) is 40.2 Å². The van der Waals surface area contributed by atoms with Gasteiger partial charge in [-0.15, -0.1) is 10.2 Å². The van der Waals surface area contributed by atoms with Crippen molar-refractivity contribution in [3.05, 3.63) is 53.1 Å². The van der Waals surface area contributed by atoms with E-state index in [0.29, 0.717) is 17.0 Å². The Balaban J connectivity index is 2.00. The molecule has 0 spiro atoms. The number of pyridine rings is 2. The van der Waals surface area contributed by atoms with Crippen molar-refractivity contribution < 1.29 is 5.11 Å². The van der Waals surface area contributed by atoms with Gasteiger partial charge >= 0.3 is 0 Å². The molecule has 3 aromatic heterocycles. The van der Waals surface area contributed by atoms with Crippen LogP contribution in [0.4, 0.5) is 0 Å². The predicted octanol–water partition coefficient (Wildman–Crippen LogP) is 3.41. The van der Waals surface area contributed by atoms with Crippen molar-refractivity contribution in [2.45, 2.75) is 0 Å². The van der Waals surface area contributed by atoms with E-state index >= 15 is 0 Å². The number of aromatic hydroxyl groups is 1. The van der Waals surface area contributed by atoms with Crippen molar-refractivity contribution in [3.8, 4) is 17.3 Å². The first-order chi connectivity index (χ1) is 10.2. The summed E-state index contributed by atoms with van der Waals surface area (Å²) < 4.78 is 2.79. The van der Waals surface area contributed by atoms with Gasteiger partial charge in [0.2, 0.25) is 0 Å². The van der Waals surface area contributed by atoms with E-state index in [1.54, 1.807) is 12.1 Å². The summed E-state index contributed by atoms with van der Waals surface area (Å²) in [6.45, 7) is 0. The molecule has 0 bridgehead atoms. The lowest BCUT2D eigenvalue weighted by Crippen LogP contribution is -1.92. The first kappa shape index (κ1) is 12.3. The first-order valence-corrected chi connectivity index (χ1v) is 7.11. The van der Waals surface area contributed by atoms with Gasteiger partial charge in [0.1, 0.15) is 17.0 Å². The summed E-state index contributed by atoms with van der Waals surface area (Å²) in [5, 5.41) is 19.1. The summed E-state index contributed by atoms with van der Waals surface area (Å²) in [6.07, 6.45) is 1.89. The van der Waals surface area contributed by atoms with Crippen LogP contribution in [-0.2, 0) is 0 Å². The molecule has 5 nitrogen and oxygen atoms in total. The fraction of sp³-hybridized carbons (Fsp3) is 0. The number of halogens is 1. The van der Waals surface area contributed by atoms with Crippen LogP contribution in [-0.4, -0.2) is 24.7 Å². The monoisotopic (exact) mass is 340 g/mol. The molecule has 0 aliphatic heterocycles. The number of phenolic OH excluding ortho intramolecular Hbond substituents is 1. The molecule has 3 heterocycles. The van der Waals surface area contributed by atoms with E-state index in [0.717, 1.165) is 15.5 Å². The molecule has 0 aliphatic rings. The normalized spacial score (nSPS) is 11.3. The van der Waals surface area contributed by atoms with Crippen molar-refractivity contribution >= 4 is 32.5 Å². The number of fused-ring (bicyclic) bond motifs is 2. The largest absolute Gasteiger partial charge is 0.506 e.